The Hall–Kier alpha value is -2.89. The summed E-state index contributed by atoms with van der Waals surface area (Å²) in [6, 6.07) is 12.8. The lowest BCUT2D eigenvalue weighted by Crippen LogP contribution is -2.53. The van der Waals surface area contributed by atoms with Crippen LogP contribution in [-0.4, -0.2) is 128 Å². The minimum absolute atomic E-state index is 0.0612. The van der Waals surface area contributed by atoms with Crippen molar-refractivity contribution in [3.8, 4) is 0 Å². The maximum Gasteiger partial charge on any atom is 0.410 e. The summed E-state index contributed by atoms with van der Waals surface area (Å²) in [4.78, 5) is 41.7. The van der Waals surface area contributed by atoms with E-state index in [-0.39, 0.29) is 18.2 Å². The quantitative estimate of drug-likeness (QED) is 0.415. The number of nitrogens with one attached hydrogen (secondary N) is 1. The highest BCUT2D eigenvalue weighted by atomic mass is 35.5. The molecule has 2 aromatic rings. The maximum atomic E-state index is 13.5. The average Bonchev–Trinajstić information content (AvgIpc) is 3.24. The molecule has 11 heteroatoms. The summed E-state index contributed by atoms with van der Waals surface area (Å²) in [5, 5.41) is 5.89. The summed E-state index contributed by atoms with van der Waals surface area (Å²) in [5.74, 6) is 0. The number of likely N-dealkylation sites (tertiary alicyclic amines) is 2. The lowest BCUT2D eigenvalue weighted by atomic mass is 10.0. The smallest absolute Gasteiger partial charge is 0.410 e. The number of urea groups is 1. The highest BCUT2D eigenvalue weighted by Crippen LogP contribution is 2.26. The number of hydrogen-bond acceptors (Lipinski definition) is 7. The zero-order chi connectivity index (χ0) is 32.9. The number of hydroxylamine groups is 2. The van der Waals surface area contributed by atoms with Gasteiger partial charge < -0.3 is 24.8 Å². The normalized spacial score (nSPS) is 21.7. The first kappa shape index (κ1) is 34.0. The number of para-hydroxylation sites is 1. The number of nitrogens with zero attached hydrogens (tertiary/aromatic N) is 5. The molecule has 0 radical (unpaired) electrons. The first-order chi connectivity index (χ1) is 22.7. The van der Waals surface area contributed by atoms with Crippen molar-refractivity contribution in [3.05, 3.63) is 63.7 Å². The topological polar surface area (TPSA) is 80.8 Å². The molecule has 6 rings (SSSR count). The molecule has 0 unspecified atom stereocenters. The van der Waals surface area contributed by atoms with E-state index in [1.54, 1.807) is 4.90 Å². The molecule has 0 aromatic heterocycles. The maximum absolute atomic E-state index is 13.5. The summed E-state index contributed by atoms with van der Waals surface area (Å²) in [6.07, 6.45) is 4.49. The van der Waals surface area contributed by atoms with Gasteiger partial charge in [-0.25, -0.2) is 9.59 Å². The largest absolute Gasteiger partial charge is 0.443 e. The zero-order valence-electron chi connectivity index (χ0n) is 28.3. The monoisotopic (exact) mass is 666 g/mol. The van der Waals surface area contributed by atoms with Crippen LogP contribution in [0.1, 0.15) is 47.9 Å². The number of hydrogen-bond donors (Lipinski definition) is 1. The Morgan fingerprint density at radius 3 is 2.28 bits per heavy atom. The minimum atomic E-state index is -0.443. The van der Waals surface area contributed by atoms with Gasteiger partial charge >= 0.3 is 12.1 Å². The number of aryl methyl sites for hydroxylation is 2. The SMILES string of the molecule is Cc1cc(C[C@H](CON2CCN(C3CCN(C)CC3)CC2)OC(=O)N2CCC(N3CCc4ccccc4NC3=O)CC2)cc(C)c1Cl. The van der Waals surface area contributed by atoms with Crippen molar-refractivity contribution in [2.24, 2.45) is 0 Å². The van der Waals surface area contributed by atoms with Gasteiger partial charge in [-0.2, -0.15) is 5.06 Å². The van der Waals surface area contributed by atoms with Crippen molar-refractivity contribution in [3.63, 3.8) is 0 Å². The van der Waals surface area contributed by atoms with E-state index in [2.05, 4.69) is 40.4 Å². The number of fused-ring (bicyclic) bond motifs is 1. The highest BCUT2D eigenvalue weighted by Gasteiger charge is 2.33. The van der Waals surface area contributed by atoms with Gasteiger partial charge in [0, 0.05) is 75.0 Å². The van der Waals surface area contributed by atoms with Gasteiger partial charge in [0.2, 0.25) is 0 Å². The van der Waals surface area contributed by atoms with E-state index in [0.29, 0.717) is 38.7 Å². The van der Waals surface area contributed by atoms with E-state index in [9.17, 15) is 9.59 Å². The molecule has 3 amide bonds. The molecule has 0 aliphatic carbocycles. The number of carbonyl (C=O) groups excluding carboxylic acids is 2. The van der Waals surface area contributed by atoms with Crippen molar-refractivity contribution in [2.45, 2.75) is 70.6 Å². The van der Waals surface area contributed by atoms with Crippen LogP contribution in [0.15, 0.2) is 36.4 Å². The van der Waals surface area contributed by atoms with Crippen LogP contribution in [0.2, 0.25) is 5.02 Å². The Morgan fingerprint density at radius 2 is 1.57 bits per heavy atom. The highest BCUT2D eigenvalue weighted by molar-refractivity contribution is 6.32. The number of ether oxygens (including phenoxy) is 1. The lowest BCUT2D eigenvalue weighted by molar-refractivity contribution is -0.197. The molecule has 4 aliphatic heterocycles. The number of halogens is 1. The van der Waals surface area contributed by atoms with Crippen LogP contribution in [0.3, 0.4) is 0 Å². The van der Waals surface area contributed by atoms with Gasteiger partial charge in [0.05, 0.1) is 0 Å². The Kier molecular flexibility index (Phi) is 11.2. The summed E-state index contributed by atoms with van der Waals surface area (Å²) in [5.41, 5.74) is 5.15. The first-order valence-corrected chi connectivity index (χ1v) is 17.8. The molecule has 47 heavy (non-hydrogen) atoms. The summed E-state index contributed by atoms with van der Waals surface area (Å²) in [6.45, 7) is 12.1. The third-order valence-corrected chi connectivity index (χ3v) is 11.0. The fourth-order valence-corrected chi connectivity index (χ4v) is 7.72. The third kappa shape index (κ3) is 8.59. The Labute approximate surface area is 284 Å². The molecule has 256 valence electrons. The second-order valence-corrected chi connectivity index (χ2v) is 14.2. The van der Waals surface area contributed by atoms with Crippen molar-refractivity contribution in [1.82, 2.24) is 24.7 Å². The fraction of sp³-hybridized carbons (Fsp3) is 0.611. The predicted molar refractivity (Wildman–Crippen MR) is 185 cm³/mol. The molecule has 4 heterocycles. The van der Waals surface area contributed by atoms with Crippen LogP contribution < -0.4 is 5.32 Å². The number of rotatable bonds is 8. The summed E-state index contributed by atoms with van der Waals surface area (Å²) >= 11 is 6.46. The molecule has 0 saturated carbocycles. The minimum Gasteiger partial charge on any atom is -0.443 e. The second-order valence-electron chi connectivity index (χ2n) is 13.8. The Bertz CT molecular complexity index is 1360. The van der Waals surface area contributed by atoms with E-state index < -0.39 is 6.10 Å². The molecule has 1 N–H and O–H groups in total. The number of amides is 3. The van der Waals surface area contributed by atoms with Crippen molar-refractivity contribution >= 4 is 29.4 Å². The van der Waals surface area contributed by atoms with Crippen LogP contribution in [-0.2, 0) is 22.4 Å². The van der Waals surface area contributed by atoms with Gasteiger partial charge in [-0.05, 0) is 94.4 Å². The number of carbonyl (C=O) groups is 2. The van der Waals surface area contributed by atoms with Crippen molar-refractivity contribution in [2.75, 3.05) is 77.9 Å². The molecule has 10 nitrogen and oxygen atoms in total. The van der Waals surface area contributed by atoms with Crippen LogP contribution in [0.4, 0.5) is 15.3 Å². The Morgan fingerprint density at radius 1 is 0.915 bits per heavy atom. The zero-order valence-corrected chi connectivity index (χ0v) is 29.0. The standard InChI is InChI=1S/C36H51ClN6O4/c1-26-22-28(23-27(2)34(26)37)24-32(25-46-42-20-18-40(19-21-42)30-9-13-39(3)14-10-30)47-36(45)41-15-11-31(12-16-41)43-17-8-29-6-4-5-7-33(29)38-35(43)44/h4-7,22-23,30-32H,8-21,24-25H2,1-3H3,(H,38,44)/t32-/m1/s1. The first-order valence-electron chi connectivity index (χ1n) is 17.4. The third-order valence-electron chi connectivity index (χ3n) is 10.5. The van der Waals surface area contributed by atoms with E-state index >= 15 is 0 Å². The van der Waals surface area contributed by atoms with Crippen molar-refractivity contribution < 1.29 is 19.2 Å². The van der Waals surface area contributed by atoms with Gasteiger partial charge in [-0.15, -0.1) is 0 Å². The Balaban J connectivity index is 1.03. The number of anilines is 1. The number of piperazine rings is 1. The fourth-order valence-electron chi connectivity index (χ4n) is 7.61. The molecular formula is C36H51ClN6O4. The molecule has 2 aromatic carbocycles. The van der Waals surface area contributed by atoms with E-state index in [1.807, 2.05) is 42.0 Å². The van der Waals surface area contributed by atoms with Gasteiger partial charge in [0.25, 0.3) is 0 Å². The second kappa shape index (κ2) is 15.6. The molecule has 3 fully saturated rings. The number of piperidine rings is 2. The summed E-state index contributed by atoms with van der Waals surface area (Å²) in [7, 11) is 2.20. The van der Waals surface area contributed by atoms with Gasteiger partial charge in [0.1, 0.15) is 12.7 Å². The van der Waals surface area contributed by atoms with Crippen LogP contribution >= 0.6 is 11.6 Å². The molecular weight excluding hydrogens is 616 g/mol. The van der Waals surface area contributed by atoms with Crippen LogP contribution in [0, 0.1) is 13.8 Å². The van der Waals surface area contributed by atoms with Gasteiger partial charge in [-0.3, -0.25) is 9.74 Å². The predicted octanol–water partition coefficient (Wildman–Crippen LogP) is 5.20. The van der Waals surface area contributed by atoms with E-state index in [4.69, 9.17) is 21.2 Å². The molecule has 4 aliphatic rings. The van der Waals surface area contributed by atoms with E-state index in [0.717, 1.165) is 91.5 Å². The summed E-state index contributed by atoms with van der Waals surface area (Å²) < 4.78 is 6.18. The lowest BCUT2D eigenvalue weighted by Gasteiger charge is -2.42. The van der Waals surface area contributed by atoms with Crippen LogP contribution in [0.5, 0.6) is 0 Å². The van der Waals surface area contributed by atoms with Crippen LogP contribution in [0.25, 0.3) is 0 Å². The number of benzene rings is 2. The molecule has 1 atom stereocenters. The van der Waals surface area contributed by atoms with Gasteiger partial charge in [-0.1, -0.05) is 41.9 Å². The molecule has 0 spiro atoms. The average molecular weight is 667 g/mol. The molecule has 0 bridgehead atoms. The van der Waals surface area contributed by atoms with E-state index in [1.165, 1.54) is 12.8 Å². The van der Waals surface area contributed by atoms with Gasteiger partial charge in [0.15, 0.2) is 0 Å². The molecule has 3 saturated heterocycles. The van der Waals surface area contributed by atoms with Crippen molar-refractivity contribution in [1.29, 1.82) is 0 Å².